The number of aliphatic hydroxyl groups is 1. The standard InChI is InChI=1S/C24H36N2O2/c1-17(2)24(19-9-6-8-18(14-19)22(25)27)20-15-26(16-21(20)24)13-7-12-23(28)10-4-3-5-11-23/h6,8-9,14,17,20-21,28H,3-5,7,10-13,15-16H2,1-2H3,(H2,25,27). The Morgan fingerprint density at radius 1 is 1.21 bits per heavy atom. The number of nitrogens with two attached hydrogens (primary N) is 1. The van der Waals surface area contributed by atoms with Crippen LogP contribution in [0.3, 0.4) is 0 Å². The molecule has 0 spiro atoms. The minimum Gasteiger partial charge on any atom is -0.390 e. The van der Waals surface area contributed by atoms with E-state index in [9.17, 15) is 9.90 Å². The molecule has 3 aliphatic rings. The highest BCUT2D eigenvalue weighted by Crippen LogP contribution is 2.67. The van der Waals surface area contributed by atoms with E-state index in [0.717, 1.165) is 45.3 Å². The molecule has 154 valence electrons. The lowest BCUT2D eigenvalue weighted by Crippen LogP contribution is -2.36. The van der Waals surface area contributed by atoms with E-state index in [2.05, 4.69) is 24.8 Å². The van der Waals surface area contributed by atoms with Gasteiger partial charge in [0.15, 0.2) is 0 Å². The lowest BCUT2D eigenvalue weighted by atomic mass is 9.79. The monoisotopic (exact) mass is 384 g/mol. The second kappa shape index (κ2) is 7.46. The molecule has 0 aromatic heterocycles. The van der Waals surface area contributed by atoms with Gasteiger partial charge in [-0.25, -0.2) is 0 Å². The number of fused-ring (bicyclic) bond motifs is 1. The minimum absolute atomic E-state index is 0.198. The smallest absolute Gasteiger partial charge is 0.248 e. The Balaban J connectivity index is 1.36. The highest BCUT2D eigenvalue weighted by molar-refractivity contribution is 5.93. The molecule has 2 unspecified atom stereocenters. The normalized spacial score (nSPS) is 31.7. The fourth-order valence-corrected chi connectivity index (χ4v) is 6.58. The molecule has 3 N–H and O–H groups in total. The predicted molar refractivity (Wildman–Crippen MR) is 112 cm³/mol. The van der Waals surface area contributed by atoms with Gasteiger partial charge in [0.25, 0.3) is 0 Å². The van der Waals surface area contributed by atoms with Gasteiger partial charge >= 0.3 is 0 Å². The van der Waals surface area contributed by atoms with Gasteiger partial charge in [-0.15, -0.1) is 0 Å². The second-order valence-corrected chi connectivity index (χ2v) is 9.89. The lowest BCUT2D eigenvalue weighted by Gasteiger charge is -2.33. The van der Waals surface area contributed by atoms with Gasteiger partial charge in [-0.05, 0) is 67.7 Å². The van der Waals surface area contributed by atoms with E-state index >= 15 is 0 Å². The molecule has 2 saturated carbocycles. The van der Waals surface area contributed by atoms with Crippen LogP contribution in [0, 0.1) is 17.8 Å². The van der Waals surface area contributed by atoms with Crippen LogP contribution >= 0.6 is 0 Å². The van der Waals surface area contributed by atoms with Crippen molar-refractivity contribution in [2.75, 3.05) is 19.6 Å². The zero-order valence-electron chi connectivity index (χ0n) is 17.5. The molecule has 4 rings (SSSR count). The maximum Gasteiger partial charge on any atom is 0.248 e. The molecule has 1 aliphatic heterocycles. The van der Waals surface area contributed by atoms with Gasteiger partial charge in [0.05, 0.1) is 5.60 Å². The number of hydrogen-bond acceptors (Lipinski definition) is 3. The fraction of sp³-hybridized carbons (Fsp3) is 0.708. The van der Waals surface area contributed by atoms with Crippen molar-refractivity contribution in [1.29, 1.82) is 0 Å². The van der Waals surface area contributed by atoms with Crippen LogP contribution in [0.2, 0.25) is 0 Å². The first kappa shape index (κ1) is 19.9. The number of primary amides is 1. The summed E-state index contributed by atoms with van der Waals surface area (Å²) in [5.41, 5.74) is 7.25. The van der Waals surface area contributed by atoms with Gasteiger partial charge in [-0.3, -0.25) is 4.79 Å². The summed E-state index contributed by atoms with van der Waals surface area (Å²) in [6, 6.07) is 8.02. The number of likely N-dealkylation sites (tertiary alicyclic amines) is 1. The van der Waals surface area contributed by atoms with E-state index < -0.39 is 5.60 Å². The molecule has 4 heteroatoms. The molecule has 1 saturated heterocycles. The van der Waals surface area contributed by atoms with E-state index in [1.54, 1.807) is 0 Å². The van der Waals surface area contributed by atoms with Crippen molar-refractivity contribution in [3.05, 3.63) is 35.4 Å². The van der Waals surface area contributed by atoms with Crippen molar-refractivity contribution in [2.45, 2.75) is 69.8 Å². The Morgan fingerprint density at radius 2 is 1.89 bits per heavy atom. The molecule has 1 amide bonds. The Labute approximate surface area is 169 Å². The van der Waals surface area contributed by atoms with Gasteiger partial charge in [-0.2, -0.15) is 0 Å². The second-order valence-electron chi connectivity index (χ2n) is 9.89. The summed E-state index contributed by atoms with van der Waals surface area (Å²) in [5.74, 6) is 1.56. The zero-order chi connectivity index (χ0) is 19.9. The van der Waals surface area contributed by atoms with E-state index in [4.69, 9.17) is 5.73 Å². The molecule has 1 heterocycles. The van der Waals surface area contributed by atoms with Gasteiger partial charge in [0.2, 0.25) is 5.91 Å². The third kappa shape index (κ3) is 3.39. The molecular formula is C24H36N2O2. The quantitative estimate of drug-likeness (QED) is 0.753. The van der Waals surface area contributed by atoms with Crippen molar-refractivity contribution in [2.24, 2.45) is 23.5 Å². The summed E-state index contributed by atoms with van der Waals surface area (Å²) in [5, 5.41) is 10.7. The third-order valence-corrected chi connectivity index (χ3v) is 8.02. The van der Waals surface area contributed by atoms with Crippen LogP contribution in [0.4, 0.5) is 0 Å². The minimum atomic E-state index is -0.391. The summed E-state index contributed by atoms with van der Waals surface area (Å²) < 4.78 is 0. The number of carbonyl (C=O) groups excluding carboxylic acids is 1. The van der Waals surface area contributed by atoms with Gasteiger partial charge < -0.3 is 15.7 Å². The van der Waals surface area contributed by atoms with Crippen LogP contribution in [-0.4, -0.2) is 41.1 Å². The summed E-state index contributed by atoms with van der Waals surface area (Å²) in [7, 11) is 0. The summed E-state index contributed by atoms with van der Waals surface area (Å²) in [6.07, 6.45) is 7.69. The highest BCUT2D eigenvalue weighted by atomic mass is 16.3. The number of piperidine rings is 1. The number of carbonyl (C=O) groups is 1. The van der Waals surface area contributed by atoms with Gasteiger partial charge in [0, 0.05) is 24.1 Å². The van der Waals surface area contributed by atoms with E-state index in [1.807, 2.05) is 18.2 Å². The average Bonchev–Trinajstić information content (AvgIpc) is 3.09. The Morgan fingerprint density at radius 3 is 2.50 bits per heavy atom. The van der Waals surface area contributed by atoms with Crippen LogP contribution in [0.15, 0.2) is 24.3 Å². The predicted octanol–water partition coefficient (Wildman–Crippen LogP) is 3.72. The maximum absolute atomic E-state index is 11.6. The lowest BCUT2D eigenvalue weighted by molar-refractivity contribution is -0.00726. The molecule has 4 nitrogen and oxygen atoms in total. The number of hydrogen-bond donors (Lipinski definition) is 2. The van der Waals surface area contributed by atoms with Crippen LogP contribution in [0.5, 0.6) is 0 Å². The number of nitrogens with zero attached hydrogens (tertiary/aromatic N) is 1. The zero-order valence-corrected chi connectivity index (χ0v) is 17.5. The highest BCUT2D eigenvalue weighted by Gasteiger charge is 2.69. The molecule has 3 fully saturated rings. The third-order valence-electron chi connectivity index (χ3n) is 8.02. The fourth-order valence-electron chi connectivity index (χ4n) is 6.58. The molecular weight excluding hydrogens is 348 g/mol. The van der Waals surface area contributed by atoms with Crippen molar-refractivity contribution in [3.63, 3.8) is 0 Å². The van der Waals surface area contributed by atoms with E-state index in [1.165, 1.54) is 24.8 Å². The van der Waals surface area contributed by atoms with Crippen molar-refractivity contribution in [3.8, 4) is 0 Å². The van der Waals surface area contributed by atoms with Gasteiger partial charge in [-0.1, -0.05) is 45.2 Å². The van der Waals surface area contributed by atoms with Crippen LogP contribution in [0.25, 0.3) is 0 Å². The molecule has 1 aromatic rings. The molecule has 2 aliphatic carbocycles. The van der Waals surface area contributed by atoms with E-state index in [0.29, 0.717) is 23.3 Å². The Hall–Kier alpha value is -1.39. The van der Waals surface area contributed by atoms with E-state index in [-0.39, 0.29) is 11.3 Å². The molecule has 0 bridgehead atoms. The topological polar surface area (TPSA) is 66.6 Å². The first-order chi connectivity index (χ1) is 13.4. The Kier molecular flexibility index (Phi) is 5.30. The van der Waals surface area contributed by atoms with Gasteiger partial charge in [0.1, 0.15) is 0 Å². The van der Waals surface area contributed by atoms with Crippen LogP contribution in [0.1, 0.15) is 74.7 Å². The molecule has 0 radical (unpaired) electrons. The number of amides is 1. The molecule has 28 heavy (non-hydrogen) atoms. The summed E-state index contributed by atoms with van der Waals surface area (Å²) in [6.45, 7) is 8.02. The number of benzene rings is 1. The summed E-state index contributed by atoms with van der Waals surface area (Å²) in [4.78, 5) is 14.2. The molecule has 1 aromatic carbocycles. The van der Waals surface area contributed by atoms with Crippen molar-refractivity contribution >= 4 is 5.91 Å². The Bertz CT molecular complexity index is 711. The maximum atomic E-state index is 11.6. The first-order valence-corrected chi connectivity index (χ1v) is 11.2. The van der Waals surface area contributed by atoms with Crippen LogP contribution < -0.4 is 5.73 Å². The SMILES string of the molecule is CC(C)C1(c2cccc(C(N)=O)c2)C2CN(CCCC3(O)CCCCC3)CC21. The largest absolute Gasteiger partial charge is 0.390 e. The summed E-state index contributed by atoms with van der Waals surface area (Å²) >= 11 is 0. The van der Waals surface area contributed by atoms with Crippen molar-refractivity contribution in [1.82, 2.24) is 4.90 Å². The molecule has 2 atom stereocenters. The first-order valence-electron chi connectivity index (χ1n) is 11.2. The van der Waals surface area contributed by atoms with Crippen molar-refractivity contribution < 1.29 is 9.90 Å². The number of rotatable bonds is 7. The average molecular weight is 385 g/mol. The van der Waals surface area contributed by atoms with Crippen LogP contribution in [-0.2, 0) is 5.41 Å².